The molecule has 0 aliphatic heterocycles. The minimum Gasteiger partial charge on any atom is -0.452 e. The van der Waals surface area contributed by atoms with E-state index < -0.39 is 30.0 Å². The molecule has 0 aliphatic carbocycles. The van der Waals surface area contributed by atoms with Gasteiger partial charge in [-0.25, -0.2) is 4.79 Å². The van der Waals surface area contributed by atoms with Crippen LogP contribution in [0.1, 0.15) is 15.9 Å². The smallest absolute Gasteiger partial charge is 0.387 e. The molecule has 148 valence electrons. The number of rotatable bonds is 8. The lowest BCUT2D eigenvalue weighted by molar-refractivity contribution is -0.384. The fourth-order valence-corrected chi connectivity index (χ4v) is 2.18. The van der Waals surface area contributed by atoms with Gasteiger partial charge in [-0.2, -0.15) is 8.78 Å². The first-order valence-electron chi connectivity index (χ1n) is 7.95. The van der Waals surface area contributed by atoms with Crippen LogP contribution in [0.25, 0.3) is 0 Å². The van der Waals surface area contributed by atoms with Crippen LogP contribution in [0.5, 0.6) is 5.75 Å². The largest absolute Gasteiger partial charge is 0.452 e. The number of ether oxygens (including phenoxy) is 2. The summed E-state index contributed by atoms with van der Waals surface area (Å²) in [4.78, 5) is 35.3. The van der Waals surface area contributed by atoms with Crippen molar-refractivity contribution in [1.29, 1.82) is 0 Å². The van der Waals surface area contributed by atoms with Gasteiger partial charge in [0.2, 0.25) is 0 Å². The van der Waals surface area contributed by atoms with E-state index >= 15 is 0 Å². The van der Waals surface area contributed by atoms with Gasteiger partial charge in [-0.1, -0.05) is 12.1 Å². The Kier molecular flexibility index (Phi) is 6.96. The number of carbonyl (C=O) groups excluding carboxylic acids is 2. The predicted molar refractivity (Wildman–Crippen MR) is 92.9 cm³/mol. The summed E-state index contributed by atoms with van der Waals surface area (Å²) in [7, 11) is 1.49. The van der Waals surface area contributed by atoms with E-state index in [4.69, 9.17) is 4.74 Å². The lowest BCUT2D eigenvalue weighted by atomic mass is 10.2. The third-order valence-corrected chi connectivity index (χ3v) is 3.63. The van der Waals surface area contributed by atoms with Crippen LogP contribution in [0.4, 0.5) is 14.5 Å². The van der Waals surface area contributed by atoms with E-state index in [0.29, 0.717) is 5.56 Å². The fraction of sp³-hybridized carbons (Fsp3) is 0.222. The lowest BCUT2D eigenvalue weighted by Crippen LogP contribution is -2.30. The predicted octanol–water partition coefficient (Wildman–Crippen LogP) is 3.01. The van der Waals surface area contributed by atoms with E-state index in [1.807, 2.05) is 0 Å². The number of non-ortho nitro benzene ring substituents is 1. The topological polar surface area (TPSA) is 99.0 Å². The van der Waals surface area contributed by atoms with Gasteiger partial charge < -0.3 is 14.4 Å². The molecule has 2 aromatic rings. The highest BCUT2D eigenvalue weighted by atomic mass is 19.3. The number of nitro benzene ring substituents is 1. The van der Waals surface area contributed by atoms with Crippen molar-refractivity contribution in [1.82, 2.24) is 4.90 Å². The van der Waals surface area contributed by atoms with E-state index in [-0.39, 0.29) is 23.5 Å². The molecule has 0 aromatic heterocycles. The van der Waals surface area contributed by atoms with Gasteiger partial charge in [-0.15, -0.1) is 0 Å². The monoisotopic (exact) mass is 394 g/mol. The van der Waals surface area contributed by atoms with Crippen LogP contribution >= 0.6 is 0 Å². The van der Waals surface area contributed by atoms with Crippen molar-refractivity contribution < 1.29 is 32.8 Å². The zero-order chi connectivity index (χ0) is 20.7. The van der Waals surface area contributed by atoms with Crippen LogP contribution in [0.15, 0.2) is 48.5 Å². The first kappa shape index (κ1) is 20.7. The van der Waals surface area contributed by atoms with Gasteiger partial charge in [-0.3, -0.25) is 14.9 Å². The molecule has 0 bridgehead atoms. The molecule has 0 heterocycles. The number of amides is 1. The van der Waals surface area contributed by atoms with Gasteiger partial charge in [0.25, 0.3) is 11.6 Å². The minimum atomic E-state index is -2.92. The summed E-state index contributed by atoms with van der Waals surface area (Å²) in [5, 5.41) is 10.6. The van der Waals surface area contributed by atoms with Gasteiger partial charge >= 0.3 is 12.6 Å². The van der Waals surface area contributed by atoms with Gasteiger partial charge in [0.1, 0.15) is 5.75 Å². The number of likely N-dealkylation sites (N-methyl/N-ethyl adjacent to an activating group) is 1. The summed E-state index contributed by atoms with van der Waals surface area (Å²) in [6.45, 7) is -3.26. The normalized spacial score (nSPS) is 10.4. The minimum absolute atomic E-state index is 0.00441. The molecule has 10 heteroatoms. The number of nitrogens with zero attached hydrogens (tertiary/aromatic N) is 2. The number of hydrogen-bond donors (Lipinski definition) is 0. The van der Waals surface area contributed by atoms with Crippen LogP contribution in [-0.4, -0.2) is 42.0 Å². The molecule has 0 fully saturated rings. The second kappa shape index (κ2) is 9.40. The Balaban J connectivity index is 1.84. The van der Waals surface area contributed by atoms with Gasteiger partial charge in [0.15, 0.2) is 6.61 Å². The van der Waals surface area contributed by atoms with E-state index in [0.717, 1.165) is 12.1 Å². The van der Waals surface area contributed by atoms with Crippen molar-refractivity contribution >= 4 is 17.6 Å². The van der Waals surface area contributed by atoms with Crippen LogP contribution in [0.2, 0.25) is 0 Å². The molecule has 0 aliphatic rings. The van der Waals surface area contributed by atoms with E-state index in [2.05, 4.69) is 4.74 Å². The molecular formula is C18H16F2N2O6. The zero-order valence-corrected chi connectivity index (χ0v) is 14.7. The molecule has 0 N–H and O–H groups in total. The number of alkyl halides is 2. The average molecular weight is 394 g/mol. The number of nitro groups is 1. The van der Waals surface area contributed by atoms with Crippen molar-refractivity contribution in [3.05, 3.63) is 69.8 Å². The highest BCUT2D eigenvalue weighted by Crippen LogP contribution is 2.16. The quantitative estimate of drug-likeness (QED) is 0.388. The fourth-order valence-electron chi connectivity index (χ4n) is 2.18. The average Bonchev–Trinajstić information content (AvgIpc) is 2.67. The highest BCUT2D eigenvalue weighted by molar-refractivity contribution is 5.91. The van der Waals surface area contributed by atoms with Crippen molar-refractivity contribution in [2.75, 3.05) is 13.7 Å². The first-order valence-corrected chi connectivity index (χ1v) is 7.95. The summed E-state index contributed by atoms with van der Waals surface area (Å²) in [5.74, 6) is -1.27. The highest BCUT2D eigenvalue weighted by Gasteiger charge is 2.15. The van der Waals surface area contributed by atoms with E-state index in [1.54, 1.807) is 0 Å². The Morgan fingerprint density at radius 3 is 2.25 bits per heavy atom. The maximum atomic E-state index is 12.1. The molecule has 0 spiro atoms. The van der Waals surface area contributed by atoms with Crippen molar-refractivity contribution in [2.45, 2.75) is 13.2 Å². The molecule has 0 saturated heterocycles. The van der Waals surface area contributed by atoms with Crippen LogP contribution < -0.4 is 4.74 Å². The Morgan fingerprint density at radius 1 is 1.11 bits per heavy atom. The van der Waals surface area contributed by atoms with Gasteiger partial charge in [0, 0.05) is 25.7 Å². The second-order valence-electron chi connectivity index (χ2n) is 5.65. The Hall–Kier alpha value is -3.56. The first-order chi connectivity index (χ1) is 13.3. The standard InChI is InChI=1S/C18H16F2N2O6/c1-21(10-12-2-8-15(9-3-12)28-18(19)20)16(23)11-27-17(24)13-4-6-14(7-5-13)22(25)26/h2-9,18H,10-11H2,1H3. The second-order valence-corrected chi connectivity index (χ2v) is 5.65. The summed E-state index contributed by atoms with van der Waals surface area (Å²) < 4.78 is 33.4. The number of halogens is 2. The lowest BCUT2D eigenvalue weighted by Gasteiger charge is -2.17. The van der Waals surface area contributed by atoms with E-state index in [9.17, 15) is 28.5 Å². The van der Waals surface area contributed by atoms with Crippen LogP contribution in [0.3, 0.4) is 0 Å². The number of hydrogen-bond acceptors (Lipinski definition) is 6. The number of esters is 1. The third-order valence-electron chi connectivity index (χ3n) is 3.63. The Labute approximate surface area is 158 Å². The van der Waals surface area contributed by atoms with Gasteiger partial charge in [-0.05, 0) is 29.8 Å². The third kappa shape index (κ3) is 6.01. The molecule has 2 aromatic carbocycles. The summed E-state index contributed by atoms with van der Waals surface area (Å²) in [6.07, 6.45) is 0. The Bertz CT molecular complexity index is 840. The molecule has 28 heavy (non-hydrogen) atoms. The molecule has 2 rings (SSSR count). The molecule has 8 nitrogen and oxygen atoms in total. The Morgan fingerprint density at radius 2 is 1.71 bits per heavy atom. The summed E-state index contributed by atoms with van der Waals surface area (Å²) in [6, 6.07) is 10.6. The molecule has 0 radical (unpaired) electrons. The summed E-state index contributed by atoms with van der Waals surface area (Å²) in [5.41, 5.74) is 0.576. The zero-order valence-electron chi connectivity index (χ0n) is 14.7. The summed E-state index contributed by atoms with van der Waals surface area (Å²) >= 11 is 0. The van der Waals surface area contributed by atoms with Crippen LogP contribution in [0, 0.1) is 10.1 Å². The molecule has 0 unspecified atom stereocenters. The van der Waals surface area contributed by atoms with E-state index in [1.165, 1.54) is 48.3 Å². The SMILES string of the molecule is CN(Cc1ccc(OC(F)F)cc1)C(=O)COC(=O)c1ccc([N+](=O)[O-])cc1. The number of carbonyl (C=O) groups is 2. The van der Waals surface area contributed by atoms with Crippen molar-refractivity contribution in [3.63, 3.8) is 0 Å². The molecular weight excluding hydrogens is 378 g/mol. The number of benzene rings is 2. The van der Waals surface area contributed by atoms with Gasteiger partial charge in [0.05, 0.1) is 10.5 Å². The van der Waals surface area contributed by atoms with Crippen molar-refractivity contribution in [3.8, 4) is 5.75 Å². The molecule has 0 atom stereocenters. The molecule has 0 saturated carbocycles. The van der Waals surface area contributed by atoms with Crippen LogP contribution in [-0.2, 0) is 16.1 Å². The van der Waals surface area contributed by atoms with Crippen molar-refractivity contribution in [2.24, 2.45) is 0 Å². The maximum Gasteiger partial charge on any atom is 0.387 e. The maximum absolute atomic E-state index is 12.1. The molecule has 1 amide bonds.